The van der Waals surface area contributed by atoms with Crippen molar-refractivity contribution < 1.29 is 9.84 Å². The summed E-state index contributed by atoms with van der Waals surface area (Å²) in [6.07, 6.45) is 3.51. The lowest BCUT2D eigenvalue weighted by Gasteiger charge is -2.42. The van der Waals surface area contributed by atoms with Crippen molar-refractivity contribution in [1.82, 2.24) is 10.2 Å². The third-order valence-electron chi connectivity index (χ3n) is 5.03. The quantitative estimate of drug-likeness (QED) is 0.758. The Morgan fingerprint density at radius 3 is 2.74 bits per heavy atom. The molecule has 0 amide bonds. The molecule has 112 valence electrons. The van der Waals surface area contributed by atoms with Gasteiger partial charge in [-0.15, -0.1) is 0 Å². The zero-order valence-electron chi connectivity index (χ0n) is 12.5. The highest BCUT2D eigenvalue weighted by Crippen LogP contribution is 2.34. The summed E-state index contributed by atoms with van der Waals surface area (Å²) in [7, 11) is 0. The largest absolute Gasteiger partial charge is 0.395 e. The van der Waals surface area contributed by atoms with Gasteiger partial charge < -0.3 is 15.2 Å². The van der Waals surface area contributed by atoms with E-state index in [0.29, 0.717) is 24.0 Å². The Morgan fingerprint density at radius 2 is 2.11 bits per heavy atom. The number of aliphatic hydroxyl groups excluding tert-OH is 1. The van der Waals surface area contributed by atoms with Gasteiger partial charge in [-0.05, 0) is 43.7 Å². The fourth-order valence-electron chi connectivity index (χ4n) is 3.60. The van der Waals surface area contributed by atoms with Gasteiger partial charge in [0.1, 0.15) is 0 Å². The molecule has 2 aliphatic heterocycles. The van der Waals surface area contributed by atoms with Crippen molar-refractivity contribution in [3.05, 3.63) is 0 Å². The molecular formula is C15H30N2O2. The molecule has 2 rings (SSSR count). The van der Waals surface area contributed by atoms with Crippen LogP contribution < -0.4 is 5.32 Å². The predicted molar refractivity (Wildman–Crippen MR) is 77.3 cm³/mol. The minimum absolute atomic E-state index is 0.301. The molecule has 4 heteroatoms. The van der Waals surface area contributed by atoms with Gasteiger partial charge in [-0.25, -0.2) is 0 Å². The Labute approximate surface area is 117 Å². The van der Waals surface area contributed by atoms with Crippen LogP contribution in [0.15, 0.2) is 0 Å². The number of nitrogens with zero attached hydrogens (tertiary/aromatic N) is 1. The minimum atomic E-state index is 0.301. The van der Waals surface area contributed by atoms with Gasteiger partial charge in [0.25, 0.3) is 0 Å². The maximum atomic E-state index is 9.61. The molecule has 2 unspecified atom stereocenters. The van der Waals surface area contributed by atoms with Crippen molar-refractivity contribution in [3.8, 4) is 0 Å². The molecule has 2 atom stereocenters. The molecule has 2 heterocycles. The second-order valence-electron chi connectivity index (χ2n) is 6.38. The lowest BCUT2D eigenvalue weighted by Crippen LogP contribution is -2.49. The van der Waals surface area contributed by atoms with E-state index in [1.54, 1.807) is 0 Å². The summed E-state index contributed by atoms with van der Waals surface area (Å²) >= 11 is 0. The molecule has 2 aliphatic rings. The van der Waals surface area contributed by atoms with E-state index in [9.17, 15) is 5.11 Å². The highest BCUT2D eigenvalue weighted by Gasteiger charge is 2.39. The highest BCUT2D eigenvalue weighted by atomic mass is 16.5. The topological polar surface area (TPSA) is 44.7 Å². The summed E-state index contributed by atoms with van der Waals surface area (Å²) < 4.78 is 5.55. The Morgan fingerprint density at radius 1 is 1.37 bits per heavy atom. The lowest BCUT2D eigenvalue weighted by molar-refractivity contribution is -0.0117. The maximum absolute atomic E-state index is 9.61. The fraction of sp³-hybridized carbons (Fsp3) is 1.00. The lowest BCUT2D eigenvalue weighted by atomic mass is 9.79. The minimum Gasteiger partial charge on any atom is -0.395 e. The molecule has 0 spiro atoms. The maximum Gasteiger partial charge on any atom is 0.0589 e. The van der Waals surface area contributed by atoms with Gasteiger partial charge >= 0.3 is 0 Å². The standard InChI is InChI=1S/C15H30N2O2/c1-3-16-11-15(5-8-19-9-6-15)12-17-7-4-13(2)14(17)10-18/h13-14,16,18H,3-12H2,1-2H3. The van der Waals surface area contributed by atoms with Gasteiger partial charge in [0.15, 0.2) is 0 Å². The number of nitrogens with one attached hydrogen (secondary N) is 1. The molecule has 2 saturated heterocycles. The van der Waals surface area contributed by atoms with Gasteiger partial charge in [-0.2, -0.15) is 0 Å². The van der Waals surface area contributed by atoms with Crippen LogP contribution in [0.25, 0.3) is 0 Å². The Bertz CT molecular complexity index is 267. The second-order valence-corrected chi connectivity index (χ2v) is 6.38. The van der Waals surface area contributed by atoms with Crippen molar-refractivity contribution in [1.29, 1.82) is 0 Å². The molecular weight excluding hydrogens is 240 g/mol. The van der Waals surface area contributed by atoms with Crippen LogP contribution in [0, 0.1) is 11.3 Å². The molecule has 0 radical (unpaired) electrons. The monoisotopic (exact) mass is 270 g/mol. The number of likely N-dealkylation sites (tertiary alicyclic amines) is 1. The van der Waals surface area contributed by atoms with Crippen LogP contribution in [0.5, 0.6) is 0 Å². The average Bonchev–Trinajstić information content (AvgIpc) is 2.78. The number of hydrogen-bond acceptors (Lipinski definition) is 4. The predicted octanol–water partition coefficient (Wildman–Crippen LogP) is 1.10. The first kappa shape index (κ1) is 15.2. The van der Waals surface area contributed by atoms with E-state index in [0.717, 1.165) is 52.2 Å². The Kier molecular flexibility index (Phi) is 5.63. The molecule has 2 N–H and O–H groups in total. The first-order valence-electron chi connectivity index (χ1n) is 7.84. The molecule has 4 nitrogen and oxygen atoms in total. The fourth-order valence-corrected chi connectivity index (χ4v) is 3.60. The summed E-state index contributed by atoms with van der Waals surface area (Å²) in [5, 5.41) is 13.1. The number of hydrogen-bond donors (Lipinski definition) is 2. The third kappa shape index (κ3) is 3.69. The van der Waals surface area contributed by atoms with E-state index < -0.39 is 0 Å². The van der Waals surface area contributed by atoms with E-state index >= 15 is 0 Å². The summed E-state index contributed by atoms with van der Waals surface area (Å²) in [6.45, 7) is 10.9. The average molecular weight is 270 g/mol. The van der Waals surface area contributed by atoms with Gasteiger partial charge in [-0.3, -0.25) is 4.90 Å². The van der Waals surface area contributed by atoms with E-state index in [-0.39, 0.29) is 0 Å². The Balaban J connectivity index is 1.98. The van der Waals surface area contributed by atoms with Crippen LogP contribution in [0.3, 0.4) is 0 Å². The van der Waals surface area contributed by atoms with Gasteiger partial charge in [0, 0.05) is 32.3 Å². The first-order chi connectivity index (χ1) is 9.21. The van der Waals surface area contributed by atoms with Crippen LogP contribution >= 0.6 is 0 Å². The van der Waals surface area contributed by atoms with Crippen LogP contribution in [-0.4, -0.2) is 62.0 Å². The van der Waals surface area contributed by atoms with Crippen molar-refractivity contribution in [2.24, 2.45) is 11.3 Å². The normalized spacial score (nSPS) is 31.7. The molecule has 0 saturated carbocycles. The zero-order valence-corrected chi connectivity index (χ0v) is 12.5. The molecule has 19 heavy (non-hydrogen) atoms. The van der Waals surface area contributed by atoms with Gasteiger partial charge in [-0.1, -0.05) is 13.8 Å². The number of aliphatic hydroxyl groups is 1. The number of ether oxygens (including phenoxy) is 1. The molecule has 0 bridgehead atoms. The molecule has 0 aliphatic carbocycles. The van der Waals surface area contributed by atoms with E-state index in [1.807, 2.05) is 0 Å². The Hall–Kier alpha value is -0.160. The summed E-state index contributed by atoms with van der Waals surface area (Å²) in [5.74, 6) is 0.626. The van der Waals surface area contributed by atoms with Gasteiger partial charge in [0.2, 0.25) is 0 Å². The van der Waals surface area contributed by atoms with Crippen LogP contribution in [0.1, 0.15) is 33.1 Å². The summed E-state index contributed by atoms with van der Waals surface area (Å²) in [6, 6.07) is 0.362. The first-order valence-corrected chi connectivity index (χ1v) is 7.84. The van der Waals surface area contributed by atoms with Crippen molar-refractivity contribution in [2.75, 3.05) is 46.0 Å². The SMILES string of the molecule is CCNCC1(CN2CCC(C)C2CO)CCOCC1. The van der Waals surface area contributed by atoms with Crippen molar-refractivity contribution in [2.45, 2.75) is 39.2 Å². The van der Waals surface area contributed by atoms with Crippen LogP contribution in [0.2, 0.25) is 0 Å². The smallest absolute Gasteiger partial charge is 0.0589 e. The second kappa shape index (κ2) is 7.02. The van der Waals surface area contributed by atoms with E-state index in [4.69, 9.17) is 4.74 Å². The summed E-state index contributed by atoms with van der Waals surface area (Å²) in [5.41, 5.74) is 0.339. The summed E-state index contributed by atoms with van der Waals surface area (Å²) in [4.78, 5) is 2.52. The van der Waals surface area contributed by atoms with Gasteiger partial charge in [0.05, 0.1) is 6.61 Å². The van der Waals surface area contributed by atoms with Crippen LogP contribution in [0.4, 0.5) is 0 Å². The third-order valence-corrected chi connectivity index (χ3v) is 5.03. The van der Waals surface area contributed by atoms with Crippen LogP contribution in [-0.2, 0) is 4.74 Å². The molecule has 0 aromatic carbocycles. The zero-order chi connectivity index (χ0) is 13.7. The van der Waals surface area contributed by atoms with Crippen molar-refractivity contribution >= 4 is 0 Å². The molecule has 2 fully saturated rings. The van der Waals surface area contributed by atoms with E-state index in [1.165, 1.54) is 6.42 Å². The number of rotatable bonds is 6. The van der Waals surface area contributed by atoms with E-state index in [2.05, 4.69) is 24.1 Å². The van der Waals surface area contributed by atoms with Crippen molar-refractivity contribution in [3.63, 3.8) is 0 Å². The highest BCUT2D eigenvalue weighted by molar-refractivity contribution is 4.92. The molecule has 0 aromatic rings. The molecule has 0 aromatic heterocycles.